The lowest BCUT2D eigenvalue weighted by atomic mass is 9.77. The zero-order valence-electron chi connectivity index (χ0n) is 16.6. The van der Waals surface area contributed by atoms with Gasteiger partial charge >= 0.3 is 13.1 Å². The molecular formula is C19H26BNO6. The van der Waals surface area contributed by atoms with Crippen molar-refractivity contribution in [2.24, 2.45) is 0 Å². The number of ether oxygens (including phenoxy) is 1. The van der Waals surface area contributed by atoms with Crippen molar-refractivity contribution in [1.82, 2.24) is 5.32 Å². The van der Waals surface area contributed by atoms with E-state index in [0.717, 1.165) is 0 Å². The van der Waals surface area contributed by atoms with Gasteiger partial charge < -0.3 is 24.5 Å². The normalized spacial score (nSPS) is 18.3. The predicted molar refractivity (Wildman–Crippen MR) is 102 cm³/mol. The number of methoxy groups -OCH3 is 1. The number of carbonyl (C=O) groups excluding carboxylic acids is 2. The van der Waals surface area contributed by atoms with Crippen molar-refractivity contribution < 1.29 is 28.7 Å². The topological polar surface area (TPSA) is 94.1 Å². The Morgan fingerprint density at radius 2 is 1.81 bits per heavy atom. The predicted octanol–water partition coefficient (Wildman–Crippen LogP) is 2.33. The summed E-state index contributed by atoms with van der Waals surface area (Å²) in [6, 6.07) is 4.58. The molecule has 1 aromatic rings. The fourth-order valence-corrected chi connectivity index (χ4v) is 2.55. The Bertz CT molecular complexity index is 755. The third kappa shape index (κ3) is 4.70. The van der Waals surface area contributed by atoms with Crippen molar-refractivity contribution in [3.8, 4) is 5.75 Å². The summed E-state index contributed by atoms with van der Waals surface area (Å²) < 4.78 is 16.8. The van der Waals surface area contributed by atoms with Crippen LogP contribution in [-0.2, 0) is 18.8 Å². The molecule has 146 valence electrons. The fourth-order valence-electron chi connectivity index (χ4n) is 2.55. The van der Waals surface area contributed by atoms with E-state index in [1.807, 2.05) is 27.7 Å². The number of esters is 1. The highest BCUT2D eigenvalue weighted by atomic mass is 16.7. The minimum absolute atomic E-state index is 0.0547. The van der Waals surface area contributed by atoms with Gasteiger partial charge in [0.25, 0.3) is 0 Å². The molecule has 2 rings (SSSR count). The Kier molecular flexibility index (Phi) is 6.02. The molecule has 0 bridgehead atoms. The van der Waals surface area contributed by atoms with Gasteiger partial charge in [-0.3, -0.25) is 4.79 Å². The van der Waals surface area contributed by atoms with Gasteiger partial charge in [-0.05, 0) is 50.9 Å². The zero-order chi connectivity index (χ0) is 20.4. The van der Waals surface area contributed by atoms with Crippen molar-refractivity contribution in [2.45, 2.75) is 45.8 Å². The lowest BCUT2D eigenvalue weighted by Crippen LogP contribution is -2.41. The molecule has 0 radical (unpaired) electrons. The molecule has 0 aromatic heterocycles. The molecule has 1 fully saturated rings. The van der Waals surface area contributed by atoms with Crippen molar-refractivity contribution in [3.63, 3.8) is 0 Å². The third-order valence-corrected chi connectivity index (χ3v) is 4.88. The van der Waals surface area contributed by atoms with E-state index in [-0.39, 0.29) is 23.8 Å². The van der Waals surface area contributed by atoms with E-state index in [0.29, 0.717) is 11.0 Å². The first kappa shape index (κ1) is 21.0. The summed E-state index contributed by atoms with van der Waals surface area (Å²) in [5.41, 5.74) is 0.325. The van der Waals surface area contributed by atoms with E-state index in [1.54, 1.807) is 12.1 Å². The molecule has 1 aliphatic rings. The van der Waals surface area contributed by atoms with Gasteiger partial charge in [0.1, 0.15) is 11.3 Å². The van der Waals surface area contributed by atoms with Crippen LogP contribution in [0.3, 0.4) is 0 Å². The Morgan fingerprint density at radius 3 is 2.33 bits per heavy atom. The molecule has 2 N–H and O–H groups in total. The molecule has 0 saturated carbocycles. The first-order valence-corrected chi connectivity index (χ1v) is 8.69. The number of phenols is 1. The van der Waals surface area contributed by atoms with Crippen LogP contribution in [0.2, 0.25) is 0 Å². The molecule has 8 heteroatoms. The number of nitrogens with one attached hydrogen (secondary N) is 1. The maximum absolute atomic E-state index is 11.8. The molecule has 1 aliphatic heterocycles. The van der Waals surface area contributed by atoms with E-state index in [1.165, 1.54) is 26.2 Å². The lowest BCUT2D eigenvalue weighted by Gasteiger charge is -2.32. The number of hydrogen-bond donors (Lipinski definition) is 2. The van der Waals surface area contributed by atoms with Crippen LogP contribution in [0, 0.1) is 0 Å². The number of rotatable bonds is 5. The molecule has 0 spiro atoms. The average Bonchev–Trinajstić information content (AvgIpc) is 2.79. The van der Waals surface area contributed by atoms with E-state index in [2.05, 4.69) is 10.1 Å². The summed E-state index contributed by atoms with van der Waals surface area (Å²) >= 11 is 0. The molecule has 27 heavy (non-hydrogen) atoms. The van der Waals surface area contributed by atoms with Crippen LogP contribution in [0.25, 0.3) is 6.08 Å². The first-order chi connectivity index (χ1) is 12.5. The quantitative estimate of drug-likeness (QED) is 0.606. The van der Waals surface area contributed by atoms with Crippen molar-refractivity contribution in [1.29, 1.82) is 0 Å². The molecule has 0 aliphatic carbocycles. The Hall–Kier alpha value is -2.32. The van der Waals surface area contributed by atoms with Gasteiger partial charge in [-0.2, -0.15) is 0 Å². The summed E-state index contributed by atoms with van der Waals surface area (Å²) in [4.78, 5) is 23.2. The highest BCUT2D eigenvalue weighted by molar-refractivity contribution is 6.56. The number of benzene rings is 1. The molecule has 1 amide bonds. The van der Waals surface area contributed by atoms with Gasteiger partial charge in [0.15, 0.2) is 0 Å². The van der Waals surface area contributed by atoms with Crippen LogP contribution in [-0.4, -0.2) is 49.0 Å². The van der Waals surface area contributed by atoms with E-state index in [9.17, 15) is 14.7 Å². The Balaban J connectivity index is 2.40. The van der Waals surface area contributed by atoms with Gasteiger partial charge in [0.2, 0.25) is 5.91 Å². The number of carbonyl (C=O) groups is 2. The van der Waals surface area contributed by atoms with Gasteiger partial charge in [-0.25, -0.2) is 4.79 Å². The standard InChI is InChI=1S/C19H26BNO6/c1-12(22)21-11-14(20-26-18(2,3)19(4,5)27-20)9-13-7-8-16(23)15(10-13)17(24)25-6/h7-10,23H,11H2,1-6H3,(H,21,22). The molecular weight excluding hydrogens is 349 g/mol. The highest BCUT2D eigenvalue weighted by Crippen LogP contribution is 2.38. The summed E-state index contributed by atoms with van der Waals surface area (Å²) in [5.74, 6) is -0.988. The van der Waals surface area contributed by atoms with Crippen molar-refractivity contribution in [3.05, 3.63) is 34.8 Å². The summed E-state index contributed by atoms with van der Waals surface area (Å²) in [6.45, 7) is 9.42. The van der Waals surface area contributed by atoms with Gasteiger partial charge in [0.05, 0.1) is 18.3 Å². The van der Waals surface area contributed by atoms with E-state index >= 15 is 0 Å². The SMILES string of the molecule is COC(=O)c1cc(C=C(CNC(C)=O)B2OC(C)(C)C(C)(C)O2)ccc1O. The molecule has 0 unspecified atom stereocenters. The average molecular weight is 375 g/mol. The molecule has 7 nitrogen and oxygen atoms in total. The second-order valence-electron chi connectivity index (χ2n) is 7.49. The number of hydrogen-bond acceptors (Lipinski definition) is 6. The van der Waals surface area contributed by atoms with Crippen molar-refractivity contribution >= 4 is 25.1 Å². The smallest absolute Gasteiger partial charge is 0.492 e. The van der Waals surface area contributed by atoms with Gasteiger partial charge in [-0.1, -0.05) is 12.1 Å². The molecule has 1 heterocycles. The maximum Gasteiger partial charge on any atom is 0.492 e. The Morgan fingerprint density at radius 1 is 1.22 bits per heavy atom. The minimum atomic E-state index is -0.655. The van der Waals surface area contributed by atoms with Crippen LogP contribution in [0.5, 0.6) is 5.75 Å². The van der Waals surface area contributed by atoms with Crippen molar-refractivity contribution in [2.75, 3.05) is 13.7 Å². The second kappa shape index (κ2) is 7.74. The number of phenolic OH excluding ortho intramolecular Hbond substituents is 1. The second-order valence-corrected chi connectivity index (χ2v) is 7.49. The molecule has 1 saturated heterocycles. The van der Waals surface area contributed by atoms with Crippen LogP contribution < -0.4 is 5.32 Å². The first-order valence-electron chi connectivity index (χ1n) is 8.69. The minimum Gasteiger partial charge on any atom is -0.507 e. The summed E-state index contributed by atoms with van der Waals surface area (Å²) in [6.07, 6.45) is 1.77. The summed E-state index contributed by atoms with van der Waals surface area (Å²) in [5, 5.41) is 12.6. The van der Waals surface area contributed by atoms with Crippen LogP contribution in [0.1, 0.15) is 50.5 Å². The lowest BCUT2D eigenvalue weighted by molar-refractivity contribution is -0.118. The monoisotopic (exact) mass is 375 g/mol. The van der Waals surface area contributed by atoms with Crippen LogP contribution in [0.15, 0.2) is 23.7 Å². The molecule has 0 atom stereocenters. The number of aromatic hydroxyl groups is 1. The van der Waals surface area contributed by atoms with E-state index < -0.39 is 24.3 Å². The highest BCUT2D eigenvalue weighted by Gasteiger charge is 2.52. The van der Waals surface area contributed by atoms with Crippen LogP contribution >= 0.6 is 0 Å². The van der Waals surface area contributed by atoms with E-state index in [4.69, 9.17) is 9.31 Å². The summed E-state index contributed by atoms with van der Waals surface area (Å²) in [7, 11) is 0.592. The number of amides is 1. The fraction of sp³-hybridized carbons (Fsp3) is 0.474. The largest absolute Gasteiger partial charge is 0.507 e. The third-order valence-electron chi connectivity index (χ3n) is 4.88. The Labute approximate surface area is 159 Å². The van der Waals surface area contributed by atoms with Gasteiger partial charge in [0, 0.05) is 13.5 Å². The van der Waals surface area contributed by atoms with Crippen LogP contribution in [0.4, 0.5) is 0 Å². The maximum atomic E-state index is 11.8. The zero-order valence-corrected chi connectivity index (χ0v) is 16.6. The van der Waals surface area contributed by atoms with Gasteiger partial charge in [-0.15, -0.1) is 0 Å². The molecule has 1 aromatic carbocycles.